The first-order valence-corrected chi connectivity index (χ1v) is 6.88. The number of aliphatic hydroxyl groups is 1. The van der Waals surface area contributed by atoms with Crippen LogP contribution in [0.5, 0.6) is 0 Å². The zero-order valence-corrected chi connectivity index (χ0v) is 11.3. The Morgan fingerprint density at radius 3 is 2.47 bits per heavy atom. The van der Waals surface area contributed by atoms with Crippen LogP contribution in [0.1, 0.15) is 17.2 Å². The predicted molar refractivity (Wildman–Crippen MR) is 73.2 cm³/mol. The van der Waals surface area contributed by atoms with E-state index in [0.29, 0.717) is 0 Å². The molecular weight excluding hydrogens is 266 g/mol. The van der Waals surface area contributed by atoms with Gasteiger partial charge in [-0.05, 0) is 25.1 Å². The van der Waals surface area contributed by atoms with Crippen LogP contribution < -0.4 is 0 Å². The van der Waals surface area contributed by atoms with Gasteiger partial charge in [0.25, 0.3) is 0 Å². The summed E-state index contributed by atoms with van der Waals surface area (Å²) in [6.07, 6.45) is -1.03. The van der Waals surface area contributed by atoms with Crippen molar-refractivity contribution in [3.63, 3.8) is 0 Å². The van der Waals surface area contributed by atoms with E-state index in [0.717, 1.165) is 16.5 Å². The molecule has 0 aromatic heterocycles. The second kappa shape index (κ2) is 6.17. The molecule has 0 bridgehead atoms. The van der Waals surface area contributed by atoms with E-state index in [-0.39, 0.29) is 11.3 Å². The molecule has 100 valence electrons. The lowest BCUT2D eigenvalue weighted by Gasteiger charge is -2.12. The van der Waals surface area contributed by atoms with Crippen molar-refractivity contribution >= 4 is 11.8 Å². The van der Waals surface area contributed by atoms with Crippen molar-refractivity contribution in [2.24, 2.45) is 0 Å². The molecule has 19 heavy (non-hydrogen) atoms. The largest absolute Gasteiger partial charge is 0.387 e. The van der Waals surface area contributed by atoms with Crippen LogP contribution in [0.4, 0.5) is 8.78 Å². The molecule has 1 nitrogen and oxygen atoms in total. The van der Waals surface area contributed by atoms with E-state index in [4.69, 9.17) is 0 Å². The molecule has 2 rings (SSSR count). The van der Waals surface area contributed by atoms with Crippen molar-refractivity contribution in [1.82, 2.24) is 0 Å². The Morgan fingerprint density at radius 2 is 1.79 bits per heavy atom. The Bertz CT molecular complexity index is 555. The van der Waals surface area contributed by atoms with Crippen LogP contribution in [-0.4, -0.2) is 10.9 Å². The summed E-state index contributed by atoms with van der Waals surface area (Å²) in [6, 6.07) is 11.7. The van der Waals surface area contributed by atoms with E-state index in [9.17, 15) is 13.9 Å². The van der Waals surface area contributed by atoms with Gasteiger partial charge in [-0.1, -0.05) is 29.8 Å². The summed E-state index contributed by atoms with van der Waals surface area (Å²) in [5, 5.41) is 9.91. The quantitative estimate of drug-likeness (QED) is 0.851. The van der Waals surface area contributed by atoms with Crippen molar-refractivity contribution in [3.8, 4) is 0 Å². The molecule has 2 aromatic carbocycles. The molecule has 4 heteroatoms. The molecule has 0 fully saturated rings. The minimum Gasteiger partial charge on any atom is -0.387 e. The average molecular weight is 280 g/mol. The first kappa shape index (κ1) is 14.0. The van der Waals surface area contributed by atoms with Gasteiger partial charge in [0, 0.05) is 16.2 Å². The van der Waals surface area contributed by atoms with Crippen molar-refractivity contribution in [2.45, 2.75) is 17.9 Å². The molecule has 0 saturated carbocycles. The fourth-order valence-electron chi connectivity index (χ4n) is 1.68. The first-order valence-electron chi connectivity index (χ1n) is 5.89. The third kappa shape index (κ3) is 3.55. The molecule has 0 aliphatic carbocycles. The van der Waals surface area contributed by atoms with E-state index in [1.165, 1.54) is 23.9 Å². The average Bonchev–Trinajstić information content (AvgIpc) is 2.41. The van der Waals surface area contributed by atoms with Crippen molar-refractivity contribution < 1.29 is 13.9 Å². The maximum atomic E-state index is 13.5. The normalized spacial score (nSPS) is 12.4. The van der Waals surface area contributed by atoms with Crippen molar-refractivity contribution in [3.05, 3.63) is 65.2 Å². The molecule has 0 saturated heterocycles. The molecule has 0 amide bonds. The first-order chi connectivity index (χ1) is 9.08. The predicted octanol–water partition coefficient (Wildman–Crippen LogP) is 4.10. The van der Waals surface area contributed by atoms with Gasteiger partial charge >= 0.3 is 0 Å². The lowest BCUT2D eigenvalue weighted by atomic mass is 10.1. The van der Waals surface area contributed by atoms with Gasteiger partial charge in [0.05, 0.1) is 6.10 Å². The van der Waals surface area contributed by atoms with Crippen LogP contribution in [0.15, 0.2) is 47.4 Å². The van der Waals surface area contributed by atoms with Crippen molar-refractivity contribution in [2.75, 3.05) is 5.75 Å². The Labute approximate surface area is 115 Å². The minimum atomic E-state index is -1.03. The highest BCUT2D eigenvalue weighted by Crippen LogP contribution is 2.27. The van der Waals surface area contributed by atoms with E-state index < -0.39 is 17.7 Å². The topological polar surface area (TPSA) is 20.2 Å². The van der Waals surface area contributed by atoms with Gasteiger partial charge in [-0.15, -0.1) is 11.8 Å². The highest BCUT2D eigenvalue weighted by molar-refractivity contribution is 7.99. The summed E-state index contributed by atoms with van der Waals surface area (Å²) < 4.78 is 26.5. The molecule has 1 N–H and O–H groups in total. The number of benzene rings is 2. The number of thioether (sulfide) groups is 1. The van der Waals surface area contributed by atoms with Crippen LogP contribution in [0, 0.1) is 18.6 Å². The summed E-state index contributed by atoms with van der Waals surface area (Å²) in [6.45, 7) is 1.99. The summed E-state index contributed by atoms with van der Waals surface area (Å²) in [5.41, 5.74) is 1.15. The Hall–Kier alpha value is -1.39. The summed E-state index contributed by atoms with van der Waals surface area (Å²) in [7, 11) is 0. The van der Waals surface area contributed by atoms with Gasteiger partial charge in [0.15, 0.2) is 11.6 Å². The van der Waals surface area contributed by atoms with Crippen molar-refractivity contribution in [1.29, 1.82) is 0 Å². The second-order valence-corrected chi connectivity index (χ2v) is 5.38. The number of aryl methyl sites for hydroxylation is 1. The fraction of sp³-hybridized carbons (Fsp3) is 0.200. The standard InChI is InChI=1S/C15H14F2OS/c1-10-5-7-11(8-6-10)19-9-14(18)12-3-2-4-13(16)15(12)17/h2-8,14,18H,9H2,1H3. The Balaban J connectivity index is 2.03. The van der Waals surface area contributed by atoms with Crippen LogP contribution in [0.3, 0.4) is 0 Å². The molecule has 2 aromatic rings. The van der Waals surface area contributed by atoms with E-state index >= 15 is 0 Å². The van der Waals surface area contributed by atoms with E-state index in [1.807, 2.05) is 31.2 Å². The molecule has 0 radical (unpaired) electrons. The number of rotatable bonds is 4. The van der Waals surface area contributed by atoms with Crippen LogP contribution in [0.2, 0.25) is 0 Å². The van der Waals surface area contributed by atoms with Crippen LogP contribution >= 0.6 is 11.8 Å². The second-order valence-electron chi connectivity index (χ2n) is 4.28. The van der Waals surface area contributed by atoms with Gasteiger partial charge in [0.1, 0.15) is 0 Å². The molecular formula is C15H14F2OS. The number of hydrogen-bond donors (Lipinski definition) is 1. The molecule has 1 unspecified atom stereocenters. The van der Waals surface area contributed by atoms with Gasteiger partial charge in [-0.2, -0.15) is 0 Å². The van der Waals surface area contributed by atoms with Gasteiger partial charge < -0.3 is 5.11 Å². The molecule has 0 heterocycles. The highest BCUT2D eigenvalue weighted by Gasteiger charge is 2.15. The summed E-state index contributed by atoms with van der Waals surface area (Å²) in [5.74, 6) is -1.62. The molecule has 1 atom stereocenters. The fourth-order valence-corrected chi connectivity index (χ4v) is 2.54. The highest BCUT2D eigenvalue weighted by atomic mass is 32.2. The maximum Gasteiger partial charge on any atom is 0.164 e. The lowest BCUT2D eigenvalue weighted by molar-refractivity contribution is 0.197. The van der Waals surface area contributed by atoms with E-state index in [1.54, 1.807) is 0 Å². The molecule has 0 aliphatic heterocycles. The Kier molecular flexibility index (Phi) is 4.56. The van der Waals surface area contributed by atoms with Gasteiger partial charge in [-0.3, -0.25) is 0 Å². The van der Waals surface area contributed by atoms with Crippen LogP contribution in [-0.2, 0) is 0 Å². The maximum absolute atomic E-state index is 13.5. The third-order valence-corrected chi connectivity index (χ3v) is 3.86. The monoisotopic (exact) mass is 280 g/mol. The van der Waals surface area contributed by atoms with E-state index in [2.05, 4.69) is 0 Å². The Morgan fingerprint density at radius 1 is 1.11 bits per heavy atom. The summed E-state index contributed by atoms with van der Waals surface area (Å²) >= 11 is 1.41. The third-order valence-electron chi connectivity index (χ3n) is 2.77. The van der Waals surface area contributed by atoms with Gasteiger partial charge in [0.2, 0.25) is 0 Å². The molecule has 0 aliphatic rings. The lowest BCUT2D eigenvalue weighted by Crippen LogP contribution is -2.05. The number of aliphatic hydroxyl groups excluding tert-OH is 1. The number of halogens is 2. The van der Waals surface area contributed by atoms with Gasteiger partial charge in [-0.25, -0.2) is 8.78 Å². The minimum absolute atomic E-state index is 0.000360. The molecule has 0 spiro atoms. The zero-order valence-electron chi connectivity index (χ0n) is 10.4. The summed E-state index contributed by atoms with van der Waals surface area (Å²) in [4.78, 5) is 0.987. The SMILES string of the molecule is Cc1ccc(SCC(O)c2cccc(F)c2F)cc1. The smallest absolute Gasteiger partial charge is 0.164 e. The van der Waals surface area contributed by atoms with Crippen LogP contribution in [0.25, 0.3) is 0 Å². The number of hydrogen-bond acceptors (Lipinski definition) is 2. The zero-order chi connectivity index (χ0) is 13.8.